The molecule has 0 saturated heterocycles. The van der Waals surface area contributed by atoms with Gasteiger partial charge < -0.3 is 5.11 Å². The Morgan fingerprint density at radius 2 is 2.22 bits per heavy atom. The van der Waals surface area contributed by atoms with Crippen molar-refractivity contribution in [2.75, 3.05) is 6.54 Å². The normalized spacial score (nSPS) is 12.7. The van der Waals surface area contributed by atoms with Gasteiger partial charge in [-0.25, -0.2) is 0 Å². The Balaban J connectivity index is 2.76. The highest BCUT2D eigenvalue weighted by Crippen LogP contribution is 2.21. The lowest BCUT2D eigenvalue weighted by atomic mass is 10.2. The minimum Gasteiger partial charge on any atom is -0.481 e. The van der Waals surface area contributed by atoms with Crippen LogP contribution < -0.4 is 0 Å². The van der Waals surface area contributed by atoms with E-state index in [9.17, 15) is 4.79 Å². The van der Waals surface area contributed by atoms with Crippen LogP contribution in [0, 0.1) is 0 Å². The molecule has 0 fully saturated rings. The van der Waals surface area contributed by atoms with Gasteiger partial charge in [-0.2, -0.15) is 0 Å². The summed E-state index contributed by atoms with van der Waals surface area (Å²) in [7, 11) is 0. The highest BCUT2D eigenvalue weighted by molar-refractivity contribution is 9.11. The quantitative estimate of drug-likeness (QED) is 0.823. The molecular weight excluding hydrogens is 364 g/mol. The summed E-state index contributed by atoms with van der Waals surface area (Å²) in [6, 6.07) is 1.93. The molecule has 1 atom stereocenters. The van der Waals surface area contributed by atoms with Gasteiger partial charge in [-0.05, 0) is 51.4 Å². The Labute approximate surface area is 124 Å². The third kappa shape index (κ3) is 4.66. The van der Waals surface area contributed by atoms with Crippen molar-refractivity contribution < 1.29 is 9.90 Å². The molecule has 6 heteroatoms. The maximum Gasteiger partial charge on any atom is 0.304 e. The Hall–Kier alpha value is -0.460. The van der Waals surface area contributed by atoms with Gasteiger partial charge in [-0.1, -0.05) is 6.92 Å². The third-order valence-corrected chi connectivity index (χ3v) is 3.86. The maximum atomic E-state index is 10.7. The highest BCUT2D eigenvalue weighted by Gasteiger charge is 2.17. The van der Waals surface area contributed by atoms with Crippen molar-refractivity contribution >= 4 is 37.8 Å². The molecule has 4 nitrogen and oxygen atoms in total. The summed E-state index contributed by atoms with van der Waals surface area (Å²) in [6.45, 7) is 5.37. The molecule has 0 bridgehead atoms. The first-order valence-corrected chi connectivity index (χ1v) is 7.28. The van der Waals surface area contributed by atoms with Gasteiger partial charge in [0.25, 0.3) is 0 Å². The zero-order valence-electron chi connectivity index (χ0n) is 10.4. The molecule has 1 heterocycles. The van der Waals surface area contributed by atoms with Crippen LogP contribution in [0.15, 0.2) is 21.2 Å². The van der Waals surface area contributed by atoms with E-state index in [0.717, 1.165) is 21.2 Å². The summed E-state index contributed by atoms with van der Waals surface area (Å²) in [6.07, 6.45) is 1.89. The largest absolute Gasteiger partial charge is 0.481 e. The Morgan fingerprint density at radius 3 is 2.72 bits per heavy atom. The summed E-state index contributed by atoms with van der Waals surface area (Å²) < 4.78 is 1.85. The topological polar surface area (TPSA) is 53.4 Å². The Kier molecular flexibility index (Phi) is 6.25. The summed E-state index contributed by atoms with van der Waals surface area (Å²) in [5, 5.41) is 8.83. The second-order valence-corrected chi connectivity index (χ2v) is 5.86. The molecule has 0 saturated carbocycles. The van der Waals surface area contributed by atoms with Gasteiger partial charge in [-0.3, -0.25) is 14.7 Å². The fourth-order valence-electron chi connectivity index (χ4n) is 1.71. The standard InChI is InChI=1S/C12H16Br2N2O2/c1-3-16(8(2)4-12(17)18)7-11-10(14)5-9(13)6-15-11/h5-6,8H,3-4,7H2,1-2H3,(H,17,18). The van der Waals surface area contributed by atoms with Crippen LogP contribution in [0.2, 0.25) is 0 Å². The van der Waals surface area contributed by atoms with Gasteiger partial charge in [0.15, 0.2) is 0 Å². The molecule has 0 aromatic carbocycles. The molecule has 0 aliphatic rings. The van der Waals surface area contributed by atoms with Gasteiger partial charge >= 0.3 is 5.97 Å². The van der Waals surface area contributed by atoms with Gasteiger partial charge in [0.2, 0.25) is 0 Å². The van der Waals surface area contributed by atoms with E-state index in [-0.39, 0.29) is 12.5 Å². The van der Waals surface area contributed by atoms with Crippen molar-refractivity contribution in [3.05, 3.63) is 26.9 Å². The van der Waals surface area contributed by atoms with Crippen LogP contribution in [-0.2, 0) is 11.3 Å². The Morgan fingerprint density at radius 1 is 1.56 bits per heavy atom. The number of nitrogens with zero attached hydrogens (tertiary/aromatic N) is 2. The van der Waals surface area contributed by atoms with E-state index >= 15 is 0 Å². The fraction of sp³-hybridized carbons (Fsp3) is 0.500. The van der Waals surface area contributed by atoms with E-state index in [0.29, 0.717) is 6.54 Å². The number of halogens is 2. The summed E-state index contributed by atoms with van der Waals surface area (Å²) in [5.74, 6) is -0.774. The van der Waals surface area contributed by atoms with Crippen LogP contribution in [-0.4, -0.2) is 33.5 Å². The van der Waals surface area contributed by atoms with E-state index in [1.807, 2.05) is 19.9 Å². The number of aromatic nitrogens is 1. The molecule has 1 N–H and O–H groups in total. The number of pyridine rings is 1. The third-order valence-electron chi connectivity index (χ3n) is 2.74. The predicted octanol–water partition coefficient (Wildman–Crippen LogP) is 3.29. The van der Waals surface area contributed by atoms with Gasteiger partial charge in [0.05, 0.1) is 12.1 Å². The fourth-order valence-corrected chi connectivity index (χ4v) is 2.83. The SMILES string of the molecule is CCN(Cc1ncc(Br)cc1Br)C(C)CC(=O)O. The minimum atomic E-state index is -0.774. The molecule has 1 aromatic rings. The van der Waals surface area contributed by atoms with Crippen molar-refractivity contribution in [1.82, 2.24) is 9.88 Å². The number of hydrogen-bond acceptors (Lipinski definition) is 3. The lowest BCUT2D eigenvalue weighted by molar-refractivity contribution is -0.138. The van der Waals surface area contributed by atoms with Crippen molar-refractivity contribution in [3.63, 3.8) is 0 Å². The van der Waals surface area contributed by atoms with Crippen molar-refractivity contribution in [1.29, 1.82) is 0 Å². The zero-order chi connectivity index (χ0) is 13.7. The van der Waals surface area contributed by atoms with Crippen LogP contribution in [0.3, 0.4) is 0 Å². The molecule has 0 amide bonds. The van der Waals surface area contributed by atoms with E-state index in [4.69, 9.17) is 5.11 Å². The molecule has 0 aliphatic carbocycles. The second-order valence-electron chi connectivity index (χ2n) is 4.09. The molecule has 0 radical (unpaired) electrons. The molecule has 100 valence electrons. The van der Waals surface area contributed by atoms with Gasteiger partial charge in [0.1, 0.15) is 0 Å². The van der Waals surface area contributed by atoms with Crippen LogP contribution in [0.4, 0.5) is 0 Å². The van der Waals surface area contributed by atoms with Crippen molar-refractivity contribution in [2.45, 2.75) is 32.9 Å². The number of carboxylic acid groups (broad SMARTS) is 1. The predicted molar refractivity (Wildman–Crippen MR) is 77.4 cm³/mol. The van der Waals surface area contributed by atoms with Crippen LogP contribution in [0.5, 0.6) is 0 Å². The van der Waals surface area contributed by atoms with E-state index < -0.39 is 5.97 Å². The summed E-state index contributed by atoms with van der Waals surface area (Å²) in [5.41, 5.74) is 0.914. The van der Waals surface area contributed by atoms with Crippen LogP contribution in [0.1, 0.15) is 26.0 Å². The minimum absolute atomic E-state index is 0.00940. The first-order chi connectivity index (χ1) is 8.43. The smallest absolute Gasteiger partial charge is 0.304 e. The number of carbonyl (C=O) groups is 1. The van der Waals surface area contributed by atoms with E-state index in [2.05, 4.69) is 41.7 Å². The first-order valence-electron chi connectivity index (χ1n) is 5.69. The number of aliphatic carboxylic acids is 1. The number of rotatable bonds is 6. The molecule has 1 aromatic heterocycles. The van der Waals surface area contributed by atoms with E-state index in [1.165, 1.54) is 0 Å². The maximum absolute atomic E-state index is 10.7. The number of hydrogen-bond donors (Lipinski definition) is 1. The highest BCUT2D eigenvalue weighted by atomic mass is 79.9. The average molecular weight is 380 g/mol. The molecule has 18 heavy (non-hydrogen) atoms. The monoisotopic (exact) mass is 378 g/mol. The van der Waals surface area contributed by atoms with Gasteiger partial charge in [-0.15, -0.1) is 0 Å². The first kappa shape index (κ1) is 15.6. The molecule has 0 aliphatic heterocycles. The molecule has 1 unspecified atom stereocenters. The van der Waals surface area contributed by atoms with Crippen LogP contribution in [0.25, 0.3) is 0 Å². The molecule has 0 spiro atoms. The second kappa shape index (κ2) is 7.21. The summed E-state index contributed by atoms with van der Waals surface area (Å²) >= 11 is 6.83. The van der Waals surface area contributed by atoms with E-state index in [1.54, 1.807) is 6.20 Å². The molecular formula is C12H16Br2N2O2. The average Bonchev–Trinajstić information content (AvgIpc) is 2.27. The van der Waals surface area contributed by atoms with Gasteiger partial charge in [0, 0.05) is 27.7 Å². The lowest BCUT2D eigenvalue weighted by Gasteiger charge is -2.26. The molecule has 1 rings (SSSR count). The van der Waals surface area contributed by atoms with Crippen molar-refractivity contribution in [3.8, 4) is 0 Å². The Bertz CT molecular complexity index is 427. The zero-order valence-corrected chi connectivity index (χ0v) is 13.5. The lowest BCUT2D eigenvalue weighted by Crippen LogP contribution is -2.34. The van der Waals surface area contributed by atoms with Crippen LogP contribution >= 0.6 is 31.9 Å². The van der Waals surface area contributed by atoms with Crippen molar-refractivity contribution in [2.24, 2.45) is 0 Å². The summed E-state index contributed by atoms with van der Waals surface area (Å²) in [4.78, 5) is 17.2. The number of carboxylic acids is 1.